The highest BCUT2D eigenvalue weighted by Crippen LogP contribution is 2.42. The molecule has 1 aliphatic heterocycles. The van der Waals surface area contributed by atoms with Crippen LogP contribution in [0.4, 0.5) is 5.69 Å². The number of anilines is 1. The first-order valence-corrected chi connectivity index (χ1v) is 11.8. The van der Waals surface area contributed by atoms with Crippen molar-refractivity contribution in [2.24, 2.45) is 0 Å². The summed E-state index contributed by atoms with van der Waals surface area (Å²) in [5, 5.41) is 3.03. The monoisotopic (exact) mass is 450 g/mol. The standard InChI is InChI=1S/C26H30N2O3S/c1-5-20-17(2)32-26-21(20)13-14-28(25(26)18-9-7-6-8-10-18)16-24(29)27-19-11-12-22(30-3)23(15-19)31-4/h6-12,15,25H,5,13-14,16H2,1-4H3,(H,27,29)/t25-/m1/s1. The maximum absolute atomic E-state index is 13.0. The third-order valence-corrected chi connectivity index (χ3v) is 7.34. The van der Waals surface area contributed by atoms with Crippen molar-refractivity contribution in [3.8, 4) is 11.5 Å². The largest absolute Gasteiger partial charge is 0.493 e. The fraction of sp³-hybridized carbons (Fsp3) is 0.346. The molecular weight excluding hydrogens is 420 g/mol. The van der Waals surface area contributed by atoms with Crippen molar-refractivity contribution in [2.75, 3.05) is 32.6 Å². The van der Waals surface area contributed by atoms with Gasteiger partial charge in [0.1, 0.15) is 0 Å². The second-order valence-corrected chi connectivity index (χ2v) is 9.24. The summed E-state index contributed by atoms with van der Waals surface area (Å²) in [6, 6.07) is 16.0. The zero-order valence-corrected chi connectivity index (χ0v) is 19.9. The molecule has 1 aliphatic rings. The molecule has 1 N–H and O–H groups in total. The van der Waals surface area contributed by atoms with E-state index in [-0.39, 0.29) is 11.9 Å². The molecule has 0 radical (unpaired) electrons. The predicted octanol–water partition coefficient (Wildman–Crippen LogP) is 5.22. The molecule has 2 aromatic carbocycles. The minimum absolute atomic E-state index is 0.0365. The molecule has 0 aliphatic carbocycles. The lowest BCUT2D eigenvalue weighted by atomic mass is 9.91. The molecule has 4 rings (SSSR count). The zero-order valence-electron chi connectivity index (χ0n) is 19.1. The Morgan fingerprint density at radius 2 is 1.88 bits per heavy atom. The molecule has 168 valence electrons. The minimum atomic E-state index is -0.0365. The van der Waals surface area contributed by atoms with Gasteiger partial charge < -0.3 is 14.8 Å². The van der Waals surface area contributed by atoms with Gasteiger partial charge in [-0.05, 0) is 48.6 Å². The highest BCUT2D eigenvalue weighted by atomic mass is 32.1. The number of thiophene rings is 1. The summed E-state index contributed by atoms with van der Waals surface area (Å²) in [4.78, 5) is 18.1. The number of rotatable bonds is 7. The van der Waals surface area contributed by atoms with Crippen LogP contribution < -0.4 is 14.8 Å². The van der Waals surface area contributed by atoms with Gasteiger partial charge in [-0.2, -0.15) is 0 Å². The SMILES string of the molecule is CCc1c(C)sc2c1CCN(CC(=O)Nc1ccc(OC)c(OC)c1)[C@@H]2c1ccccc1. The van der Waals surface area contributed by atoms with E-state index < -0.39 is 0 Å². The molecule has 2 heterocycles. The molecular formula is C26H30N2O3S. The van der Waals surface area contributed by atoms with E-state index in [2.05, 4.69) is 48.3 Å². The Bertz CT molecular complexity index is 1090. The minimum Gasteiger partial charge on any atom is -0.493 e. The Labute approximate surface area is 194 Å². The molecule has 0 saturated heterocycles. The summed E-state index contributed by atoms with van der Waals surface area (Å²) < 4.78 is 10.7. The summed E-state index contributed by atoms with van der Waals surface area (Å²) in [6.07, 6.45) is 2.04. The molecule has 3 aromatic rings. The van der Waals surface area contributed by atoms with Crippen LogP contribution in [0.25, 0.3) is 0 Å². The fourth-order valence-corrected chi connectivity index (χ4v) is 6.09. The number of benzene rings is 2. The molecule has 0 saturated carbocycles. The average molecular weight is 451 g/mol. The molecule has 0 spiro atoms. The molecule has 0 bridgehead atoms. The third-order valence-electron chi connectivity index (χ3n) is 6.10. The van der Waals surface area contributed by atoms with Crippen LogP contribution in [0.2, 0.25) is 0 Å². The number of amides is 1. The Morgan fingerprint density at radius 1 is 1.12 bits per heavy atom. The van der Waals surface area contributed by atoms with Gasteiger partial charge in [-0.3, -0.25) is 9.69 Å². The maximum Gasteiger partial charge on any atom is 0.238 e. The van der Waals surface area contributed by atoms with Gasteiger partial charge >= 0.3 is 0 Å². The predicted molar refractivity (Wildman–Crippen MR) is 130 cm³/mol. The number of hydrogen-bond donors (Lipinski definition) is 1. The van der Waals surface area contributed by atoms with Crippen molar-refractivity contribution < 1.29 is 14.3 Å². The van der Waals surface area contributed by atoms with Crippen LogP contribution in [-0.2, 0) is 17.6 Å². The van der Waals surface area contributed by atoms with Gasteiger partial charge in [-0.15, -0.1) is 11.3 Å². The van der Waals surface area contributed by atoms with E-state index in [1.165, 1.54) is 26.4 Å². The summed E-state index contributed by atoms with van der Waals surface area (Å²) in [5.74, 6) is 1.19. The summed E-state index contributed by atoms with van der Waals surface area (Å²) in [7, 11) is 3.19. The number of hydrogen-bond acceptors (Lipinski definition) is 5. The van der Waals surface area contributed by atoms with Crippen LogP contribution >= 0.6 is 11.3 Å². The molecule has 1 amide bonds. The number of carbonyl (C=O) groups is 1. The van der Waals surface area contributed by atoms with Crippen LogP contribution in [-0.4, -0.2) is 38.1 Å². The quantitative estimate of drug-likeness (QED) is 0.536. The van der Waals surface area contributed by atoms with E-state index in [4.69, 9.17) is 9.47 Å². The molecule has 1 atom stereocenters. The van der Waals surface area contributed by atoms with E-state index in [0.717, 1.165) is 19.4 Å². The summed E-state index contributed by atoms with van der Waals surface area (Å²) in [5.41, 5.74) is 4.90. The molecule has 6 heteroatoms. The number of carbonyl (C=O) groups excluding carboxylic acids is 1. The first-order chi connectivity index (χ1) is 15.5. The Hall–Kier alpha value is -2.83. The van der Waals surface area contributed by atoms with E-state index in [0.29, 0.717) is 23.7 Å². The lowest BCUT2D eigenvalue weighted by Crippen LogP contribution is -2.40. The number of nitrogens with zero attached hydrogens (tertiary/aromatic N) is 1. The average Bonchev–Trinajstić information content (AvgIpc) is 3.14. The van der Waals surface area contributed by atoms with Crippen molar-refractivity contribution in [3.63, 3.8) is 0 Å². The topological polar surface area (TPSA) is 50.8 Å². The van der Waals surface area contributed by atoms with Gasteiger partial charge in [0, 0.05) is 28.1 Å². The van der Waals surface area contributed by atoms with E-state index in [9.17, 15) is 4.79 Å². The zero-order chi connectivity index (χ0) is 22.7. The Kier molecular flexibility index (Phi) is 6.82. The number of methoxy groups -OCH3 is 2. The molecule has 0 unspecified atom stereocenters. The van der Waals surface area contributed by atoms with E-state index in [1.54, 1.807) is 26.4 Å². The maximum atomic E-state index is 13.0. The van der Waals surface area contributed by atoms with Gasteiger partial charge in [0.05, 0.1) is 26.8 Å². The molecule has 32 heavy (non-hydrogen) atoms. The molecule has 0 fully saturated rings. The lowest BCUT2D eigenvalue weighted by molar-refractivity contribution is -0.117. The fourth-order valence-electron chi connectivity index (χ4n) is 4.62. The van der Waals surface area contributed by atoms with Crippen molar-refractivity contribution in [1.82, 2.24) is 4.90 Å². The van der Waals surface area contributed by atoms with Crippen molar-refractivity contribution in [3.05, 3.63) is 75.0 Å². The second-order valence-electron chi connectivity index (χ2n) is 7.98. The third kappa shape index (κ3) is 4.38. The highest BCUT2D eigenvalue weighted by molar-refractivity contribution is 7.12. The summed E-state index contributed by atoms with van der Waals surface area (Å²) in [6.45, 7) is 5.63. The van der Waals surface area contributed by atoms with E-state index >= 15 is 0 Å². The second kappa shape index (κ2) is 9.76. The first kappa shape index (κ1) is 22.4. The van der Waals surface area contributed by atoms with Gasteiger partial charge in [0.2, 0.25) is 5.91 Å². The van der Waals surface area contributed by atoms with Crippen molar-refractivity contribution in [2.45, 2.75) is 32.7 Å². The van der Waals surface area contributed by atoms with Crippen LogP contribution in [0.5, 0.6) is 11.5 Å². The number of fused-ring (bicyclic) bond motifs is 1. The van der Waals surface area contributed by atoms with Crippen LogP contribution in [0.15, 0.2) is 48.5 Å². The van der Waals surface area contributed by atoms with Crippen molar-refractivity contribution in [1.29, 1.82) is 0 Å². The van der Waals surface area contributed by atoms with Crippen LogP contribution in [0.3, 0.4) is 0 Å². The van der Waals surface area contributed by atoms with Gasteiger partial charge in [-0.1, -0.05) is 37.3 Å². The van der Waals surface area contributed by atoms with Gasteiger partial charge in [0.15, 0.2) is 11.5 Å². The molecule has 1 aromatic heterocycles. The first-order valence-electron chi connectivity index (χ1n) is 11.0. The Balaban J connectivity index is 1.59. The highest BCUT2D eigenvalue weighted by Gasteiger charge is 2.33. The van der Waals surface area contributed by atoms with Gasteiger partial charge in [0.25, 0.3) is 0 Å². The Morgan fingerprint density at radius 3 is 2.56 bits per heavy atom. The van der Waals surface area contributed by atoms with Crippen LogP contribution in [0.1, 0.15) is 39.4 Å². The number of aryl methyl sites for hydroxylation is 1. The normalized spacial score (nSPS) is 15.8. The number of ether oxygens (including phenoxy) is 2. The summed E-state index contributed by atoms with van der Waals surface area (Å²) >= 11 is 1.88. The van der Waals surface area contributed by atoms with Gasteiger partial charge in [-0.25, -0.2) is 0 Å². The van der Waals surface area contributed by atoms with Crippen LogP contribution in [0, 0.1) is 6.92 Å². The lowest BCUT2D eigenvalue weighted by Gasteiger charge is -2.36. The smallest absolute Gasteiger partial charge is 0.238 e. The number of nitrogens with one attached hydrogen (secondary N) is 1. The van der Waals surface area contributed by atoms with E-state index in [1.807, 2.05) is 23.5 Å². The molecule has 5 nitrogen and oxygen atoms in total. The van der Waals surface area contributed by atoms with Crippen molar-refractivity contribution >= 4 is 22.9 Å².